The standard InChI is InChI=1S/C26H34N2O4/c1-19-15-28(18-26(32-22(4)30)24-13-9-6-10-14-24)20(2)16-27(19)17-25(31-21(3)29)23-11-7-5-8-12-23/h5-14,19-20,25-26H,15-18H2,1-4H3. The van der Waals surface area contributed by atoms with Crippen LogP contribution in [-0.2, 0) is 19.1 Å². The Labute approximate surface area is 191 Å². The lowest BCUT2D eigenvalue weighted by Gasteiger charge is -2.45. The van der Waals surface area contributed by atoms with E-state index in [2.05, 4.69) is 23.6 Å². The van der Waals surface area contributed by atoms with Crippen molar-refractivity contribution >= 4 is 11.9 Å². The Morgan fingerprint density at radius 1 is 0.750 bits per heavy atom. The van der Waals surface area contributed by atoms with Gasteiger partial charge in [0.05, 0.1) is 0 Å². The number of esters is 2. The molecule has 0 saturated carbocycles. The van der Waals surface area contributed by atoms with Crippen LogP contribution in [-0.4, -0.2) is 60.0 Å². The molecule has 3 rings (SSSR count). The van der Waals surface area contributed by atoms with E-state index in [1.165, 1.54) is 13.8 Å². The normalized spacial score (nSPS) is 21.5. The van der Waals surface area contributed by atoms with Gasteiger partial charge >= 0.3 is 11.9 Å². The summed E-state index contributed by atoms with van der Waals surface area (Å²) < 4.78 is 11.3. The molecule has 1 aliphatic rings. The van der Waals surface area contributed by atoms with Crippen LogP contribution in [0, 0.1) is 0 Å². The molecule has 0 bridgehead atoms. The highest BCUT2D eigenvalue weighted by atomic mass is 16.5. The minimum absolute atomic E-state index is 0.265. The molecule has 2 aromatic rings. The van der Waals surface area contributed by atoms with Gasteiger partial charge in [-0.15, -0.1) is 0 Å². The lowest BCUT2D eigenvalue weighted by molar-refractivity contribution is -0.151. The van der Waals surface area contributed by atoms with E-state index in [1.807, 2.05) is 60.7 Å². The van der Waals surface area contributed by atoms with Crippen molar-refractivity contribution in [1.82, 2.24) is 9.80 Å². The number of carbonyl (C=O) groups is 2. The first-order chi connectivity index (χ1) is 15.3. The molecule has 1 aliphatic heterocycles. The molecule has 32 heavy (non-hydrogen) atoms. The lowest BCUT2D eigenvalue weighted by atomic mass is 10.0. The average molecular weight is 439 g/mol. The fraction of sp³-hybridized carbons (Fsp3) is 0.462. The predicted octanol–water partition coefficient (Wildman–Crippen LogP) is 3.99. The summed E-state index contributed by atoms with van der Waals surface area (Å²) in [5, 5.41) is 0. The Hall–Kier alpha value is -2.70. The minimum atomic E-state index is -0.298. The second kappa shape index (κ2) is 11.2. The Morgan fingerprint density at radius 3 is 1.41 bits per heavy atom. The molecule has 0 aromatic heterocycles. The average Bonchev–Trinajstić information content (AvgIpc) is 2.76. The van der Waals surface area contributed by atoms with Crippen LogP contribution in [0.15, 0.2) is 60.7 Å². The number of benzene rings is 2. The zero-order valence-electron chi connectivity index (χ0n) is 19.4. The van der Waals surface area contributed by atoms with Crippen LogP contribution < -0.4 is 0 Å². The second-order valence-corrected chi connectivity index (χ2v) is 8.62. The van der Waals surface area contributed by atoms with Crippen molar-refractivity contribution in [1.29, 1.82) is 0 Å². The van der Waals surface area contributed by atoms with Crippen LogP contribution in [0.2, 0.25) is 0 Å². The van der Waals surface area contributed by atoms with E-state index in [0.29, 0.717) is 13.1 Å². The third kappa shape index (κ3) is 6.65. The molecule has 2 aromatic carbocycles. The summed E-state index contributed by atoms with van der Waals surface area (Å²) in [4.78, 5) is 28.2. The molecule has 4 unspecified atom stereocenters. The van der Waals surface area contributed by atoms with Crippen molar-refractivity contribution in [2.75, 3.05) is 26.2 Å². The number of hydrogen-bond donors (Lipinski definition) is 0. The van der Waals surface area contributed by atoms with E-state index < -0.39 is 0 Å². The maximum Gasteiger partial charge on any atom is 0.303 e. The Balaban J connectivity index is 1.68. The molecule has 0 aliphatic carbocycles. The Kier molecular flexibility index (Phi) is 8.42. The predicted molar refractivity (Wildman–Crippen MR) is 124 cm³/mol. The molecule has 0 spiro atoms. The van der Waals surface area contributed by atoms with Crippen LogP contribution in [0.25, 0.3) is 0 Å². The van der Waals surface area contributed by atoms with Gasteiger partial charge in [-0.3, -0.25) is 19.4 Å². The molecule has 6 heteroatoms. The van der Waals surface area contributed by atoms with Crippen LogP contribution in [0.3, 0.4) is 0 Å². The van der Waals surface area contributed by atoms with Crippen molar-refractivity contribution in [3.63, 3.8) is 0 Å². The topological polar surface area (TPSA) is 59.1 Å². The maximum atomic E-state index is 11.7. The van der Waals surface area contributed by atoms with Gasteiger partial charge < -0.3 is 9.47 Å². The molecule has 1 fully saturated rings. The van der Waals surface area contributed by atoms with Gasteiger partial charge in [0.15, 0.2) is 0 Å². The first-order valence-corrected chi connectivity index (χ1v) is 11.3. The van der Waals surface area contributed by atoms with Gasteiger partial charge in [0.1, 0.15) is 12.2 Å². The van der Waals surface area contributed by atoms with Crippen LogP contribution in [0.4, 0.5) is 0 Å². The van der Waals surface area contributed by atoms with Crippen LogP contribution in [0.5, 0.6) is 0 Å². The second-order valence-electron chi connectivity index (χ2n) is 8.62. The number of rotatable bonds is 8. The number of carbonyl (C=O) groups excluding carboxylic acids is 2. The first kappa shape index (κ1) is 24.0. The summed E-state index contributed by atoms with van der Waals surface area (Å²) in [6, 6.07) is 20.3. The van der Waals surface area contributed by atoms with Gasteiger partial charge in [0, 0.05) is 52.1 Å². The molecule has 0 N–H and O–H groups in total. The highest BCUT2D eigenvalue weighted by Gasteiger charge is 2.33. The lowest BCUT2D eigenvalue weighted by Crippen LogP contribution is -2.57. The number of nitrogens with zero attached hydrogens (tertiary/aromatic N) is 2. The first-order valence-electron chi connectivity index (χ1n) is 11.3. The molecule has 4 atom stereocenters. The van der Waals surface area contributed by atoms with Gasteiger partial charge in [-0.2, -0.15) is 0 Å². The SMILES string of the molecule is CC(=O)OC(CN1CC(C)N(CC(OC(C)=O)c2ccccc2)CC1C)c1ccccc1. The molecule has 172 valence electrons. The molecular formula is C26H34N2O4. The van der Waals surface area contributed by atoms with Crippen molar-refractivity contribution in [2.24, 2.45) is 0 Å². The largest absolute Gasteiger partial charge is 0.456 e. The fourth-order valence-electron chi connectivity index (χ4n) is 4.36. The maximum absolute atomic E-state index is 11.7. The van der Waals surface area contributed by atoms with Gasteiger partial charge in [-0.1, -0.05) is 60.7 Å². The smallest absolute Gasteiger partial charge is 0.303 e. The summed E-state index contributed by atoms with van der Waals surface area (Å²) in [5.41, 5.74) is 2.01. The number of piperazine rings is 1. The molecule has 1 saturated heterocycles. The summed E-state index contributed by atoms with van der Waals surface area (Å²) >= 11 is 0. The van der Waals surface area contributed by atoms with Crippen molar-refractivity contribution in [3.8, 4) is 0 Å². The molecular weight excluding hydrogens is 404 g/mol. The summed E-state index contributed by atoms with van der Waals surface area (Å²) in [7, 11) is 0. The third-order valence-corrected chi connectivity index (χ3v) is 6.00. The van der Waals surface area contributed by atoms with E-state index in [9.17, 15) is 9.59 Å². The molecule has 1 heterocycles. The van der Waals surface area contributed by atoms with E-state index in [-0.39, 0.29) is 36.2 Å². The van der Waals surface area contributed by atoms with E-state index in [1.54, 1.807) is 0 Å². The summed E-state index contributed by atoms with van der Waals surface area (Å²) in [6.45, 7) is 10.3. The van der Waals surface area contributed by atoms with Crippen LogP contribution >= 0.6 is 0 Å². The molecule has 0 radical (unpaired) electrons. The number of ether oxygens (including phenoxy) is 2. The van der Waals surface area contributed by atoms with Crippen molar-refractivity contribution in [3.05, 3.63) is 71.8 Å². The van der Waals surface area contributed by atoms with Gasteiger partial charge in [0.25, 0.3) is 0 Å². The summed E-state index contributed by atoms with van der Waals surface area (Å²) in [6.07, 6.45) is -0.596. The van der Waals surface area contributed by atoms with Gasteiger partial charge in [-0.25, -0.2) is 0 Å². The van der Waals surface area contributed by atoms with E-state index >= 15 is 0 Å². The molecule has 6 nitrogen and oxygen atoms in total. The van der Waals surface area contributed by atoms with Crippen molar-refractivity contribution < 1.29 is 19.1 Å². The third-order valence-electron chi connectivity index (χ3n) is 6.00. The van der Waals surface area contributed by atoms with E-state index in [0.717, 1.165) is 24.2 Å². The summed E-state index contributed by atoms with van der Waals surface area (Å²) in [5.74, 6) is -0.546. The molecule has 0 amide bonds. The zero-order valence-corrected chi connectivity index (χ0v) is 19.4. The van der Waals surface area contributed by atoms with Gasteiger partial charge in [-0.05, 0) is 25.0 Å². The van der Waals surface area contributed by atoms with E-state index in [4.69, 9.17) is 9.47 Å². The highest BCUT2D eigenvalue weighted by Crippen LogP contribution is 2.26. The zero-order chi connectivity index (χ0) is 23.1. The van der Waals surface area contributed by atoms with Crippen LogP contribution in [0.1, 0.15) is 51.0 Å². The fourth-order valence-corrected chi connectivity index (χ4v) is 4.36. The van der Waals surface area contributed by atoms with Crippen molar-refractivity contribution in [2.45, 2.75) is 52.0 Å². The Morgan fingerprint density at radius 2 is 1.09 bits per heavy atom. The monoisotopic (exact) mass is 438 g/mol. The van der Waals surface area contributed by atoms with Gasteiger partial charge in [0.2, 0.25) is 0 Å². The Bertz CT molecular complexity index is 800. The minimum Gasteiger partial charge on any atom is -0.456 e. The quantitative estimate of drug-likeness (QED) is 0.581. The highest BCUT2D eigenvalue weighted by molar-refractivity contribution is 5.66. The number of hydrogen-bond acceptors (Lipinski definition) is 6.